The molecule has 0 saturated heterocycles. The van der Waals surface area contributed by atoms with Gasteiger partial charge in [0.05, 0.1) is 21.3 Å². The first-order chi connectivity index (χ1) is 12.2. The van der Waals surface area contributed by atoms with E-state index in [2.05, 4.69) is 17.2 Å². The van der Waals surface area contributed by atoms with E-state index in [1.165, 1.54) is 7.11 Å². The monoisotopic (exact) mass is 373 g/mol. The molecule has 26 heavy (non-hydrogen) atoms. The number of hydrogen-bond acceptors (Lipinski definition) is 5. The lowest BCUT2D eigenvalue weighted by Crippen LogP contribution is -2.38. The third-order valence-electron chi connectivity index (χ3n) is 4.79. The Hall–Kier alpha value is -2.66. The molecular weight excluding hydrogens is 354 g/mol. The predicted molar refractivity (Wildman–Crippen MR) is 102 cm³/mol. The molecule has 1 aliphatic carbocycles. The highest BCUT2D eigenvalue weighted by molar-refractivity contribution is 6.05. The molecule has 5 nitrogen and oxygen atoms in total. The summed E-state index contributed by atoms with van der Waals surface area (Å²) < 4.78 is 16.2. The van der Waals surface area contributed by atoms with Crippen molar-refractivity contribution in [1.29, 1.82) is 0 Å². The summed E-state index contributed by atoms with van der Waals surface area (Å²) in [5.74, 6) is 1.75. The molecule has 0 spiro atoms. The van der Waals surface area contributed by atoms with Crippen LogP contribution in [0.2, 0.25) is 0 Å². The summed E-state index contributed by atoms with van der Waals surface area (Å²) in [6.07, 6.45) is 8.56. The smallest absolute Gasteiger partial charge is 0.220 e. The van der Waals surface area contributed by atoms with Crippen molar-refractivity contribution in [3.63, 3.8) is 0 Å². The van der Waals surface area contributed by atoms with Crippen LogP contribution in [0.5, 0.6) is 11.5 Å². The topological polar surface area (TPSA) is 48.0 Å². The standard InChI is InChI=1S/C20H19NO4.ClH/c1-23-18-5-4-12-8-16-14-10-19(24-2)17(22)9-13(14)6-7-21(16)11-15(12)20(18)25-3;/h4-5,8-11H,6-7H2,1-3H3;1H. The quantitative estimate of drug-likeness (QED) is 0.806. The molecule has 0 radical (unpaired) electrons. The number of halogens is 1. The minimum atomic E-state index is -0.0677. The first kappa shape index (κ1) is 18.1. The fourth-order valence-corrected chi connectivity index (χ4v) is 3.55. The minimum Gasteiger partial charge on any atom is -0.493 e. The fraction of sp³-hybridized carbons (Fsp3) is 0.250. The second-order valence-electron chi connectivity index (χ2n) is 6.07. The van der Waals surface area contributed by atoms with Gasteiger partial charge < -0.3 is 19.1 Å². The molecule has 0 fully saturated rings. The molecule has 2 aliphatic heterocycles. The molecule has 4 rings (SSSR count). The lowest BCUT2D eigenvalue weighted by Gasteiger charge is -2.33. The van der Waals surface area contributed by atoms with Crippen LogP contribution in [0.4, 0.5) is 0 Å². The number of hydrogen-bond donors (Lipinski definition) is 0. The van der Waals surface area contributed by atoms with E-state index >= 15 is 0 Å². The Morgan fingerprint density at radius 1 is 1.00 bits per heavy atom. The highest BCUT2D eigenvalue weighted by Crippen LogP contribution is 2.34. The van der Waals surface area contributed by atoms with Crippen LogP contribution in [0, 0.1) is 0 Å². The molecular formula is C20H20ClNO4. The van der Waals surface area contributed by atoms with E-state index in [1.54, 1.807) is 20.3 Å². The predicted octanol–water partition coefficient (Wildman–Crippen LogP) is 1.66. The highest BCUT2D eigenvalue weighted by Gasteiger charge is 2.27. The van der Waals surface area contributed by atoms with Gasteiger partial charge in [0.1, 0.15) is 0 Å². The van der Waals surface area contributed by atoms with Gasteiger partial charge in [0, 0.05) is 29.2 Å². The fourth-order valence-electron chi connectivity index (χ4n) is 3.55. The third kappa shape index (κ3) is 2.69. The van der Waals surface area contributed by atoms with Crippen LogP contribution in [-0.2, 0) is 9.53 Å². The van der Waals surface area contributed by atoms with E-state index in [-0.39, 0.29) is 18.2 Å². The van der Waals surface area contributed by atoms with Crippen LogP contribution >= 0.6 is 12.4 Å². The van der Waals surface area contributed by atoms with Gasteiger partial charge in [0.25, 0.3) is 0 Å². The Kier molecular flexibility index (Phi) is 4.83. The molecule has 0 aromatic heterocycles. The van der Waals surface area contributed by atoms with Crippen LogP contribution in [-0.4, -0.2) is 38.6 Å². The highest BCUT2D eigenvalue weighted by atomic mass is 35.5. The second kappa shape index (κ2) is 6.92. The Balaban J connectivity index is 0.00000196. The molecule has 0 saturated carbocycles. The van der Waals surface area contributed by atoms with Crippen molar-refractivity contribution in [2.24, 2.45) is 0 Å². The van der Waals surface area contributed by atoms with Gasteiger partial charge in [-0.3, -0.25) is 4.79 Å². The zero-order valence-electron chi connectivity index (χ0n) is 14.9. The number of fused-ring (bicyclic) bond motifs is 3. The minimum absolute atomic E-state index is 0. The lowest BCUT2D eigenvalue weighted by molar-refractivity contribution is -0.114. The molecule has 1 aromatic rings. The van der Waals surface area contributed by atoms with Gasteiger partial charge in [0.2, 0.25) is 5.78 Å². The molecule has 1 aromatic carbocycles. The number of ketones is 1. The maximum absolute atomic E-state index is 12.0. The summed E-state index contributed by atoms with van der Waals surface area (Å²) in [6.45, 7) is 0.810. The first-order valence-corrected chi connectivity index (χ1v) is 8.12. The van der Waals surface area contributed by atoms with E-state index in [0.717, 1.165) is 46.0 Å². The van der Waals surface area contributed by atoms with Crippen LogP contribution in [0.3, 0.4) is 0 Å². The van der Waals surface area contributed by atoms with Crippen LogP contribution in [0.1, 0.15) is 6.42 Å². The number of allylic oxidation sites excluding steroid dienone is 4. The SMILES string of the molecule is COC1=CC2=C3C=c4ccc(OC)c(OC)c4=CN3CCC2=CC1=O.Cl. The molecule has 2 heterocycles. The molecule has 0 unspecified atom stereocenters. The van der Waals surface area contributed by atoms with E-state index in [0.29, 0.717) is 11.5 Å². The number of benzene rings is 1. The average Bonchev–Trinajstić information content (AvgIpc) is 2.64. The Labute approximate surface area is 157 Å². The van der Waals surface area contributed by atoms with Gasteiger partial charge in [0.15, 0.2) is 17.3 Å². The van der Waals surface area contributed by atoms with Crippen molar-refractivity contribution in [1.82, 2.24) is 4.90 Å². The van der Waals surface area contributed by atoms with E-state index in [1.807, 2.05) is 18.2 Å². The average molecular weight is 374 g/mol. The number of carbonyl (C=O) groups is 1. The molecule has 0 bridgehead atoms. The van der Waals surface area contributed by atoms with Crippen molar-refractivity contribution >= 4 is 30.5 Å². The molecule has 6 heteroatoms. The second-order valence-corrected chi connectivity index (χ2v) is 6.07. The van der Waals surface area contributed by atoms with Crippen molar-refractivity contribution < 1.29 is 19.0 Å². The molecule has 0 amide bonds. The van der Waals surface area contributed by atoms with E-state index in [9.17, 15) is 4.79 Å². The van der Waals surface area contributed by atoms with Crippen LogP contribution in [0.25, 0.3) is 12.3 Å². The van der Waals surface area contributed by atoms with Crippen molar-refractivity contribution in [3.05, 3.63) is 57.3 Å². The maximum Gasteiger partial charge on any atom is 0.220 e. The number of ether oxygens (including phenoxy) is 3. The zero-order chi connectivity index (χ0) is 17.6. The van der Waals surface area contributed by atoms with E-state index in [4.69, 9.17) is 14.2 Å². The third-order valence-corrected chi connectivity index (χ3v) is 4.79. The Morgan fingerprint density at radius 2 is 1.81 bits per heavy atom. The molecule has 136 valence electrons. The van der Waals surface area contributed by atoms with Crippen molar-refractivity contribution in [2.45, 2.75) is 6.42 Å². The van der Waals surface area contributed by atoms with Gasteiger partial charge in [-0.25, -0.2) is 0 Å². The Morgan fingerprint density at radius 3 is 2.50 bits per heavy atom. The maximum atomic E-state index is 12.0. The number of nitrogens with zero attached hydrogens (tertiary/aromatic N) is 1. The summed E-state index contributed by atoms with van der Waals surface area (Å²) in [5, 5.41) is 2.06. The molecule has 0 atom stereocenters. The summed E-state index contributed by atoms with van der Waals surface area (Å²) in [4.78, 5) is 14.2. The first-order valence-electron chi connectivity index (χ1n) is 8.12. The summed E-state index contributed by atoms with van der Waals surface area (Å²) in [7, 11) is 4.81. The number of methoxy groups -OCH3 is 3. The largest absolute Gasteiger partial charge is 0.493 e. The molecule has 3 aliphatic rings. The van der Waals surface area contributed by atoms with Gasteiger partial charge in [-0.2, -0.15) is 0 Å². The van der Waals surface area contributed by atoms with Crippen molar-refractivity contribution in [2.75, 3.05) is 27.9 Å². The zero-order valence-corrected chi connectivity index (χ0v) is 15.7. The number of rotatable bonds is 3. The van der Waals surface area contributed by atoms with Crippen LogP contribution in [0.15, 0.2) is 46.9 Å². The van der Waals surface area contributed by atoms with Gasteiger partial charge in [-0.05, 0) is 41.5 Å². The van der Waals surface area contributed by atoms with Crippen molar-refractivity contribution in [3.8, 4) is 11.5 Å². The van der Waals surface area contributed by atoms with Gasteiger partial charge in [-0.1, -0.05) is 6.07 Å². The van der Waals surface area contributed by atoms with Gasteiger partial charge >= 0.3 is 0 Å². The molecule has 0 N–H and O–H groups in total. The van der Waals surface area contributed by atoms with Crippen LogP contribution < -0.4 is 19.9 Å². The lowest BCUT2D eigenvalue weighted by atomic mass is 9.89. The Bertz CT molecular complexity index is 988. The number of carbonyl (C=O) groups excluding carboxylic acids is 1. The summed E-state index contributed by atoms with van der Waals surface area (Å²) in [6, 6.07) is 3.92. The summed E-state index contributed by atoms with van der Waals surface area (Å²) >= 11 is 0. The summed E-state index contributed by atoms with van der Waals surface area (Å²) in [5.41, 5.74) is 3.17. The van der Waals surface area contributed by atoms with E-state index < -0.39 is 0 Å². The van der Waals surface area contributed by atoms with Gasteiger partial charge in [-0.15, -0.1) is 12.4 Å². The normalized spacial score (nSPS) is 17.3.